The second-order valence-corrected chi connectivity index (χ2v) is 12.1. The molecule has 2 aliphatic rings. The highest BCUT2D eigenvalue weighted by molar-refractivity contribution is 5.73. The van der Waals surface area contributed by atoms with Crippen LogP contribution in [0.4, 0.5) is 0 Å². The maximum absolute atomic E-state index is 13.2. The van der Waals surface area contributed by atoms with Crippen molar-refractivity contribution in [3.8, 4) is 0 Å². The molecule has 0 saturated carbocycles. The third-order valence-electron chi connectivity index (χ3n) is 7.95. The normalized spacial score (nSPS) is 32.9. The molecule has 2 unspecified atom stereocenters. The van der Waals surface area contributed by atoms with Crippen molar-refractivity contribution >= 4 is 23.9 Å². The fraction of sp³-hybridized carbons (Fsp3) is 0.867. The molecular weight excluding hydrogens is 600 g/mol. The fourth-order valence-corrected chi connectivity index (χ4v) is 4.70. The van der Waals surface area contributed by atoms with Crippen LogP contribution in [0.5, 0.6) is 0 Å². The van der Waals surface area contributed by atoms with E-state index in [-0.39, 0.29) is 24.7 Å². The van der Waals surface area contributed by atoms with E-state index in [0.29, 0.717) is 12.8 Å². The molecule has 2 fully saturated rings. The first-order chi connectivity index (χ1) is 21.1. The molecule has 11 atom stereocenters. The Balaban J connectivity index is 2.67. The number of hydrogen-bond acceptors (Lipinski definition) is 15. The first-order valence-electron chi connectivity index (χ1n) is 15.4. The summed E-state index contributed by atoms with van der Waals surface area (Å²) in [6.07, 6.45) is -11.7. The van der Waals surface area contributed by atoms with Gasteiger partial charge >= 0.3 is 23.9 Å². The second-order valence-electron chi connectivity index (χ2n) is 12.1. The van der Waals surface area contributed by atoms with Crippen LogP contribution in [0.15, 0.2) is 0 Å². The van der Waals surface area contributed by atoms with E-state index in [9.17, 15) is 39.6 Å². The molecular formula is C30H50O15. The summed E-state index contributed by atoms with van der Waals surface area (Å²) < 4.78 is 40.0. The molecule has 2 saturated heterocycles. The lowest BCUT2D eigenvalue weighted by Gasteiger charge is -2.46. The third-order valence-corrected chi connectivity index (χ3v) is 7.95. The number of carbonyl (C=O) groups is 4. The van der Waals surface area contributed by atoms with Gasteiger partial charge in [-0.1, -0.05) is 54.4 Å². The van der Waals surface area contributed by atoms with Crippen molar-refractivity contribution in [2.24, 2.45) is 17.8 Å². The maximum atomic E-state index is 13.2. The number of carbonyl (C=O) groups excluding carboxylic acids is 4. The van der Waals surface area contributed by atoms with Crippen LogP contribution >= 0.6 is 0 Å². The van der Waals surface area contributed by atoms with Gasteiger partial charge in [-0.25, -0.2) is 0 Å². The predicted octanol–water partition coefficient (Wildman–Crippen LogP) is 0.356. The molecule has 0 bridgehead atoms. The molecule has 0 aromatic heterocycles. The Labute approximate surface area is 263 Å². The van der Waals surface area contributed by atoms with Gasteiger partial charge in [0.15, 0.2) is 18.3 Å². The Morgan fingerprint density at radius 1 is 0.822 bits per heavy atom. The summed E-state index contributed by atoms with van der Waals surface area (Å²) in [6, 6.07) is 0. The van der Waals surface area contributed by atoms with Crippen molar-refractivity contribution < 1.29 is 72.8 Å². The summed E-state index contributed by atoms with van der Waals surface area (Å²) in [5.41, 5.74) is 0. The Morgan fingerprint density at radius 2 is 1.38 bits per heavy atom. The zero-order valence-electron chi connectivity index (χ0n) is 27.1. The highest BCUT2D eigenvalue weighted by atomic mass is 16.8. The second kappa shape index (κ2) is 17.5. The minimum Gasteiger partial charge on any atom is -0.463 e. The van der Waals surface area contributed by atoms with Crippen LogP contribution in [0.3, 0.4) is 0 Å². The Hall–Kier alpha value is -2.40. The summed E-state index contributed by atoms with van der Waals surface area (Å²) >= 11 is 0. The number of ether oxygens (including phenoxy) is 7. The predicted molar refractivity (Wildman–Crippen MR) is 153 cm³/mol. The molecule has 0 aromatic rings. The highest BCUT2D eigenvalue weighted by Crippen LogP contribution is 2.38. The van der Waals surface area contributed by atoms with E-state index in [2.05, 4.69) is 0 Å². The molecule has 0 spiro atoms. The minimum atomic E-state index is -2.41. The van der Waals surface area contributed by atoms with Crippen LogP contribution in [0.1, 0.15) is 74.1 Å². The maximum Gasteiger partial charge on any atom is 0.308 e. The van der Waals surface area contributed by atoms with Gasteiger partial charge in [-0.05, 0) is 11.8 Å². The van der Waals surface area contributed by atoms with Crippen molar-refractivity contribution in [1.82, 2.24) is 0 Å². The zero-order chi connectivity index (χ0) is 34.1. The smallest absolute Gasteiger partial charge is 0.308 e. The van der Waals surface area contributed by atoms with Crippen LogP contribution in [-0.2, 0) is 52.3 Å². The van der Waals surface area contributed by atoms with Crippen molar-refractivity contribution in [3.63, 3.8) is 0 Å². The largest absolute Gasteiger partial charge is 0.463 e. The van der Waals surface area contributed by atoms with Crippen molar-refractivity contribution in [2.45, 2.75) is 129 Å². The van der Waals surface area contributed by atoms with Crippen LogP contribution in [-0.4, -0.2) is 119 Å². The van der Waals surface area contributed by atoms with Crippen LogP contribution in [0, 0.1) is 17.8 Å². The van der Waals surface area contributed by atoms with Gasteiger partial charge in [-0.2, -0.15) is 0 Å². The molecule has 260 valence electrons. The van der Waals surface area contributed by atoms with Gasteiger partial charge in [0.25, 0.3) is 0 Å². The van der Waals surface area contributed by atoms with Crippen LogP contribution in [0.2, 0.25) is 0 Å². The molecule has 2 rings (SSSR count). The monoisotopic (exact) mass is 650 g/mol. The molecule has 15 heteroatoms. The first kappa shape index (κ1) is 38.8. The van der Waals surface area contributed by atoms with Gasteiger partial charge in [0.05, 0.1) is 12.5 Å². The molecule has 0 radical (unpaired) electrons. The van der Waals surface area contributed by atoms with Crippen molar-refractivity contribution in [1.29, 1.82) is 0 Å². The molecule has 4 N–H and O–H groups in total. The van der Waals surface area contributed by atoms with E-state index in [1.807, 2.05) is 27.7 Å². The van der Waals surface area contributed by atoms with Gasteiger partial charge in [0.1, 0.15) is 37.6 Å². The SMILES string of the molecule is CCC(C)CC(=O)O[C@@H]1[C@@H](OC(=O)CC(C)CC)[C@@H](O[C@]2(CO)O[C@H](CO)[C@@H](O)[C@@H]2O)O[C@H](COC(C)=O)[C@H]1OC(=O)C(C)C. The van der Waals surface area contributed by atoms with Crippen LogP contribution < -0.4 is 0 Å². The average Bonchev–Trinajstić information content (AvgIpc) is 3.23. The summed E-state index contributed by atoms with van der Waals surface area (Å²) in [7, 11) is 0. The summed E-state index contributed by atoms with van der Waals surface area (Å²) in [5, 5.41) is 41.2. The lowest BCUT2D eigenvalue weighted by Crippen LogP contribution is -2.65. The van der Waals surface area contributed by atoms with Crippen molar-refractivity contribution in [2.75, 3.05) is 19.8 Å². The standard InChI is InChI=1S/C30H50O15/c1-8-16(5)10-21(34)41-25-24(43-28(38)15(3)4)20(13-39-18(7)33)40-29(26(25)42-22(35)11-17(6)9-2)45-30(14-32)27(37)23(36)19(12-31)44-30/h15-17,19-20,23-27,29,31-32,36-37H,8-14H2,1-7H3/t16?,17?,19-,20-,23-,24-,25+,26-,27+,29-,30+/m1/s1. The molecule has 0 amide bonds. The van der Waals surface area contributed by atoms with Gasteiger partial charge < -0.3 is 53.6 Å². The quantitative estimate of drug-likeness (QED) is 0.131. The van der Waals surface area contributed by atoms with E-state index in [0.717, 1.165) is 6.92 Å². The Morgan fingerprint density at radius 3 is 1.82 bits per heavy atom. The first-order valence-corrected chi connectivity index (χ1v) is 15.4. The molecule has 15 nitrogen and oxygen atoms in total. The number of rotatable bonds is 16. The van der Waals surface area contributed by atoms with E-state index in [4.69, 9.17) is 33.2 Å². The lowest BCUT2D eigenvalue weighted by molar-refractivity contribution is -0.384. The topological polar surface area (TPSA) is 214 Å². The fourth-order valence-electron chi connectivity index (χ4n) is 4.70. The number of aliphatic hydroxyl groups excluding tert-OH is 4. The molecule has 2 heterocycles. The molecule has 0 aliphatic carbocycles. The zero-order valence-corrected chi connectivity index (χ0v) is 27.1. The van der Waals surface area contributed by atoms with E-state index < -0.39 is 104 Å². The molecule has 45 heavy (non-hydrogen) atoms. The highest BCUT2D eigenvalue weighted by Gasteiger charge is 2.60. The van der Waals surface area contributed by atoms with Gasteiger partial charge in [0.2, 0.25) is 12.1 Å². The Bertz CT molecular complexity index is 988. The lowest BCUT2D eigenvalue weighted by atomic mass is 9.96. The van der Waals surface area contributed by atoms with Crippen LogP contribution in [0.25, 0.3) is 0 Å². The minimum absolute atomic E-state index is 0.0425. The average molecular weight is 651 g/mol. The van der Waals surface area contributed by atoms with E-state index in [1.54, 1.807) is 13.8 Å². The Kier molecular flexibility index (Phi) is 15.1. The van der Waals surface area contributed by atoms with Crippen molar-refractivity contribution in [3.05, 3.63) is 0 Å². The van der Waals surface area contributed by atoms with E-state index >= 15 is 0 Å². The van der Waals surface area contributed by atoms with Gasteiger partial charge in [-0.15, -0.1) is 0 Å². The molecule has 2 aliphatic heterocycles. The number of hydrogen-bond donors (Lipinski definition) is 4. The van der Waals surface area contributed by atoms with E-state index in [1.165, 1.54) is 0 Å². The summed E-state index contributed by atoms with van der Waals surface area (Å²) in [6.45, 7) is 9.33. The van der Waals surface area contributed by atoms with Gasteiger partial charge in [-0.3, -0.25) is 19.2 Å². The summed E-state index contributed by atoms with van der Waals surface area (Å²) in [5.74, 6) is -6.17. The number of esters is 4. The molecule has 0 aromatic carbocycles. The number of aliphatic hydroxyl groups is 4. The summed E-state index contributed by atoms with van der Waals surface area (Å²) in [4.78, 5) is 51.0. The van der Waals surface area contributed by atoms with Gasteiger partial charge in [0, 0.05) is 19.8 Å². The third kappa shape index (κ3) is 10.3.